The van der Waals surface area contributed by atoms with Crippen LogP contribution in [-0.2, 0) is 21.2 Å². The number of hydrogen-bond donors (Lipinski definition) is 2. The van der Waals surface area contributed by atoms with Gasteiger partial charge in [0.05, 0.1) is 17.0 Å². The zero-order valence-electron chi connectivity index (χ0n) is 14.8. The van der Waals surface area contributed by atoms with Crippen molar-refractivity contribution in [2.45, 2.75) is 18.2 Å². The number of amides is 1. The molecule has 0 atom stereocenters. The van der Waals surface area contributed by atoms with Gasteiger partial charge < -0.3 is 5.32 Å². The lowest BCUT2D eigenvalue weighted by molar-refractivity contribution is -0.115. The van der Waals surface area contributed by atoms with Crippen molar-refractivity contribution in [2.24, 2.45) is 0 Å². The molecule has 1 amide bonds. The second-order valence-electron chi connectivity index (χ2n) is 6.16. The van der Waals surface area contributed by atoms with E-state index >= 15 is 0 Å². The van der Waals surface area contributed by atoms with E-state index in [4.69, 9.17) is 0 Å². The summed E-state index contributed by atoms with van der Waals surface area (Å²) in [7, 11) is -3.69. The molecule has 0 aliphatic heterocycles. The third-order valence-electron chi connectivity index (χ3n) is 4.05. The van der Waals surface area contributed by atoms with Crippen LogP contribution in [0.5, 0.6) is 0 Å². The lowest BCUT2D eigenvalue weighted by Crippen LogP contribution is -2.15. The summed E-state index contributed by atoms with van der Waals surface area (Å²) in [5.41, 5.74) is 2.84. The lowest BCUT2D eigenvalue weighted by atomic mass is 10.1. The summed E-state index contributed by atoms with van der Waals surface area (Å²) in [6.07, 6.45) is 0.260. The minimum Gasteiger partial charge on any atom is -0.326 e. The van der Waals surface area contributed by atoms with Gasteiger partial charge in [-0.15, -0.1) is 0 Å². The molecule has 5 nitrogen and oxygen atoms in total. The van der Waals surface area contributed by atoms with Crippen LogP contribution in [0.15, 0.2) is 83.8 Å². The van der Waals surface area contributed by atoms with Gasteiger partial charge in [0.25, 0.3) is 10.0 Å². The fraction of sp³-hybridized carbons (Fsp3) is 0.0952. The van der Waals surface area contributed by atoms with Crippen molar-refractivity contribution in [1.29, 1.82) is 0 Å². The first kappa shape index (κ1) is 18.7. The van der Waals surface area contributed by atoms with Gasteiger partial charge in [0.1, 0.15) is 0 Å². The zero-order chi connectivity index (χ0) is 19.3. The van der Waals surface area contributed by atoms with Crippen LogP contribution in [-0.4, -0.2) is 14.3 Å². The quantitative estimate of drug-likeness (QED) is 0.679. The van der Waals surface area contributed by atoms with E-state index < -0.39 is 10.0 Å². The number of para-hydroxylation sites is 1. The standard InChI is InChI=1S/C21H20N2O3S/c1-16-7-5-6-10-20(16)23-27(25,26)19-13-11-18(12-14-19)22-21(24)15-17-8-3-2-4-9-17/h2-14,23H,15H2,1H3,(H,22,24). The highest BCUT2D eigenvalue weighted by Crippen LogP contribution is 2.20. The van der Waals surface area contributed by atoms with Crippen molar-refractivity contribution in [2.75, 3.05) is 10.0 Å². The number of rotatable bonds is 6. The van der Waals surface area contributed by atoms with Crippen LogP contribution in [0.4, 0.5) is 11.4 Å². The lowest BCUT2D eigenvalue weighted by Gasteiger charge is -2.11. The van der Waals surface area contributed by atoms with Crippen LogP contribution in [0.2, 0.25) is 0 Å². The highest BCUT2D eigenvalue weighted by atomic mass is 32.2. The molecule has 3 aromatic rings. The molecule has 0 saturated heterocycles. The van der Waals surface area contributed by atoms with Crippen LogP contribution in [0.3, 0.4) is 0 Å². The molecular weight excluding hydrogens is 360 g/mol. The predicted molar refractivity (Wildman–Crippen MR) is 107 cm³/mol. The average molecular weight is 380 g/mol. The molecule has 0 aliphatic carbocycles. The Kier molecular flexibility index (Phi) is 5.57. The number of sulfonamides is 1. The fourth-order valence-electron chi connectivity index (χ4n) is 2.59. The first-order valence-electron chi connectivity index (χ1n) is 8.46. The van der Waals surface area contributed by atoms with Gasteiger partial charge in [0.15, 0.2) is 0 Å². The van der Waals surface area contributed by atoms with E-state index in [1.807, 2.05) is 49.4 Å². The normalized spacial score (nSPS) is 11.0. The minimum absolute atomic E-state index is 0.131. The third-order valence-corrected chi connectivity index (χ3v) is 5.43. The molecule has 0 fully saturated rings. The summed E-state index contributed by atoms with van der Waals surface area (Å²) in [6.45, 7) is 1.84. The van der Waals surface area contributed by atoms with Crippen LogP contribution in [0.1, 0.15) is 11.1 Å². The first-order valence-corrected chi connectivity index (χ1v) is 9.95. The van der Waals surface area contributed by atoms with Crippen molar-refractivity contribution in [1.82, 2.24) is 0 Å². The van der Waals surface area contributed by atoms with Gasteiger partial charge in [-0.05, 0) is 48.4 Å². The molecule has 0 bridgehead atoms. The number of hydrogen-bond acceptors (Lipinski definition) is 3. The molecule has 0 unspecified atom stereocenters. The summed E-state index contributed by atoms with van der Waals surface area (Å²) < 4.78 is 27.6. The summed E-state index contributed by atoms with van der Waals surface area (Å²) in [4.78, 5) is 12.2. The molecule has 0 heterocycles. The highest BCUT2D eigenvalue weighted by molar-refractivity contribution is 7.92. The van der Waals surface area contributed by atoms with Crippen molar-refractivity contribution in [3.63, 3.8) is 0 Å². The molecule has 0 aliphatic rings. The predicted octanol–water partition coefficient (Wildman–Crippen LogP) is 3.98. The maximum atomic E-state index is 12.5. The number of anilines is 2. The number of nitrogens with one attached hydrogen (secondary N) is 2. The second kappa shape index (κ2) is 8.05. The molecule has 6 heteroatoms. The number of benzene rings is 3. The van der Waals surface area contributed by atoms with Crippen molar-refractivity contribution >= 4 is 27.3 Å². The van der Waals surface area contributed by atoms with Gasteiger partial charge >= 0.3 is 0 Å². The Bertz CT molecular complexity index is 1030. The maximum absolute atomic E-state index is 12.5. The summed E-state index contributed by atoms with van der Waals surface area (Å²) in [5, 5.41) is 2.77. The first-order chi connectivity index (χ1) is 12.9. The summed E-state index contributed by atoms with van der Waals surface area (Å²) in [6, 6.07) is 22.7. The monoisotopic (exact) mass is 380 g/mol. The zero-order valence-corrected chi connectivity index (χ0v) is 15.7. The van der Waals surface area contributed by atoms with E-state index in [2.05, 4.69) is 10.0 Å². The fourth-order valence-corrected chi connectivity index (χ4v) is 3.73. The highest BCUT2D eigenvalue weighted by Gasteiger charge is 2.15. The number of carbonyl (C=O) groups is 1. The minimum atomic E-state index is -3.69. The van der Waals surface area contributed by atoms with Crippen molar-refractivity contribution < 1.29 is 13.2 Å². The molecule has 0 radical (unpaired) electrons. The third kappa shape index (κ3) is 4.95. The Morgan fingerprint density at radius 3 is 2.15 bits per heavy atom. The van der Waals surface area contributed by atoms with Crippen LogP contribution < -0.4 is 10.0 Å². The van der Waals surface area contributed by atoms with Gasteiger partial charge in [0.2, 0.25) is 5.91 Å². The molecule has 3 rings (SSSR count). The van der Waals surface area contributed by atoms with E-state index in [9.17, 15) is 13.2 Å². The van der Waals surface area contributed by atoms with Crippen molar-refractivity contribution in [3.05, 3.63) is 90.0 Å². The smallest absolute Gasteiger partial charge is 0.261 e. The molecule has 2 N–H and O–H groups in total. The van der Waals surface area contributed by atoms with E-state index in [1.54, 1.807) is 24.3 Å². The van der Waals surface area contributed by atoms with Crippen LogP contribution in [0, 0.1) is 6.92 Å². The maximum Gasteiger partial charge on any atom is 0.261 e. The molecule has 138 valence electrons. The Morgan fingerprint density at radius 1 is 0.852 bits per heavy atom. The van der Waals surface area contributed by atoms with E-state index in [0.717, 1.165) is 11.1 Å². The Balaban J connectivity index is 1.67. The number of carbonyl (C=O) groups excluding carboxylic acids is 1. The summed E-state index contributed by atoms with van der Waals surface area (Å²) >= 11 is 0. The Hall–Kier alpha value is -3.12. The Labute approximate surface area is 159 Å². The molecule has 3 aromatic carbocycles. The van der Waals surface area contributed by atoms with Gasteiger partial charge in [-0.1, -0.05) is 48.5 Å². The molecular formula is C21H20N2O3S. The molecule has 0 aromatic heterocycles. The summed E-state index contributed by atoms with van der Waals surface area (Å²) in [5.74, 6) is -0.158. The van der Waals surface area contributed by atoms with Crippen LogP contribution in [0.25, 0.3) is 0 Å². The van der Waals surface area contributed by atoms with Crippen LogP contribution >= 0.6 is 0 Å². The largest absolute Gasteiger partial charge is 0.326 e. The second-order valence-corrected chi connectivity index (χ2v) is 7.84. The van der Waals surface area contributed by atoms with E-state index in [0.29, 0.717) is 11.4 Å². The van der Waals surface area contributed by atoms with Crippen molar-refractivity contribution in [3.8, 4) is 0 Å². The van der Waals surface area contributed by atoms with Gasteiger partial charge in [-0.25, -0.2) is 8.42 Å². The molecule has 0 saturated carbocycles. The van der Waals surface area contributed by atoms with Gasteiger partial charge in [0, 0.05) is 5.69 Å². The Morgan fingerprint density at radius 2 is 1.48 bits per heavy atom. The van der Waals surface area contributed by atoms with E-state index in [1.165, 1.54) is 12.1 Å². The van der Waals surface area contributed by atoms with E-state index in [-0.39, 0.29) is 17.2 Å². The van der Waals surface area contributed by atoms with Gasteiger partial charge in [-0.2, -0.15) is 0 Å². The van der Waals surface area contributed by atoms with Gasteiger partial charge in [-0.3, -0.25) is 9.52 Å². The molecule has 0 spiro atoms. The number of aryl methyl sites for hydroxylation is 1. The topological polar surface area (TPSA) is 75.3 Å². The average Bonchev–Trinajstić information content (AvgIpc) is 2.65. The SMILES string of the molecule is Cc1ccccc1NS(=O)(=O)c1ccc(NC(=O)Cc2ccccc2)cc1. The molecule has 27 heavy (non-hydrogen) atoms.